The quantitative estimate of drug-likeness (QED) is 0.627. The fraction of sp³-hybridized carbons (Fsp3) is 0.0435. The number of rotatable bonds is 3. The van der Waals surface area contributed by atoms with Gasteiger partial charge in [-0.1, -0.05) is 78.4 Å². The van der Waals surface area contributed by atoms with Crippen molar-refractivity contribution in [3.05, 3.63) is 100 Å². The molecule has 1 N–H and O–H groups in total. The Morgan fingerprint density at radius 3 is 2.11 bits per heavy atom. The molecule has 4 rings (SSSR count). The van der Waals surface area contributed by atoms with Crippen molar-refractivity contribution in [2.45, 2.75) is 6.92 Å². The van der Waals surface area contributed by atoms with Gasteiger partial charge < -0.3 is 0 Å². The highest BCUT2D eigenvalue weighted by Gasteiger charge is 2.29. The van der Waals surface area contributed by atoms with Crippen molar-refractivity contribution in [2.75, 3.05) is 0 Å². The molecular weight excluding hydrogens is 354 g/mol. The SMILES string of the molecule is Cc1cccc(C(=C2SC(=O)NC2=O)c2cccc(-c3ccccc3)c2)c1. The summed E-state index contributed by atoms with van der Waals surface area (Å²) in [5.74, 6) is -0.341. The second-order valence-electron chi connectivity index (χ2n) is 6.36. The predicted molar refractivity (Wildman–Crippen MR) is 110 cm³/mol. The molecule has 3 aromatic rings. The first-order valence-electron chi connectivity index (χ1n) is 8.62. The molecule has 2 amide bonds. The Morgan fingerprint density at radius 1 is 0.778 bits per heavy atom. The van der Waals surface area contributed by atoms with Crippen LogP contribution >= 0.6 is 11.8 Å². The zero-order valence-corrected chi connectivity index (χ0v) is 15.5. The van der Waals surface area contributed by atoms with Crippen LogP contribution in [0.15, 0.2) is 83.8 Å². The molecule has 0 bridgehead atoms. The molecule has 0 aromatic heterocycles. The van der Waals surface area contributed by atoms with E-state index in [4.69, 9.17) is 0 Å². The van der Waals surface area contributed by atoms with Crippen LogP contribution in [0, 0.1) is 6.92 Å². The molecule has 0 aliphatic carbocycles. The topological polar surface area (TPSA) is 46.2 Å². The Morgan fingerprint density at radius 2 is 1.44 bits per heavy atom. The number of nitrogens with one attached hydrogen (secondary N) is 1. The van der Waals surface area contributed by atoms with Crippen molar-refractivity contribution in [3.63, 3.8) is 0 Å². The molecule has 1 saturated heterocycles. The van der Waals surface area contributed by atoms with Crippen molar-refractivity contribution in [2.24, 2.45) is 0 Å². The van der Waals surface area contributed by atoms with Gasteiger partial charge in [0.1, 0.15) is 0 Å². The molecule has 1 fully saturated rings. The number of thioether (sulfide) groups is 1. The summed E-state index contributed by atoms with van der Waals surface area (Å²) in [5.41, 5.74) is 5.88. The van der Waals surface area contributed by atoms with E-state index < -0.39 is 0 Å². The van der Waals surface area contributed by atoms with Gasteiger partial charge in [-0.2, -0.15) is 0 Å². The molecule has 132 valence electrons. The lowest BCUT2D eigenvalue weighted by molar-refractivity contribution is -0.115. The van der Waals surface area contributed by atoms with Gasteiger partial charge in [0, 0.05) is 5.57 Å². The second-order valence-corrected chi connectivity index (χ2v) is 7.35. The van der Waals surface area contributed by atoms with E-state index in [1.54, 1.807) is 0 Å². The largest absolute Gasteiger partial charge is 0.290 e. The molecule has 3 aromatic carbocycles. The molecule has 27 heavy (non-hydrogen) atoms. The minimum atomic E-state index is -0.341. The van der Waals surface area contributed by atoms with Crippen LogP contribution in [0.4, 0.5) is 4.79 Å². The molecule has 0 atom stereocenters. The maximum atomic E-state index is 12.4. The predicted octanol–water partition coefficient (Wildman–Crippen LogP) is 5.40. The van der Waals surface area contributed by atoms with E-state index >= 15 is 0 Å². The molecular formula is C23H17NO2S. The van der Waals surface area contributed by atoms with Crippen molar-refractivity contribution >= 4 is 28.5 Å². The number of amides is 2. The number of aryl methyl sites for hydroxylation is 1. The van der Waals surface area contributed by atoms with Crippen LogP contribution in [-0.2, 0) is 4.79 Å². The summed E-state index contributed by atoms with van der Waals surface area (Å²) in [6.07, 6.45) is 0. The minimum absolute atomic E-state index is 0.334. The smallest absolute Gasteiger partial charge is 0.282 e. The number of carbonyl (C=O) groups is 2. The Kier molecular flexibility index (Phi) is 4.65. The summed E-state index contributed by atoms with van der Waals surface area (Å²) >= 11 is 0.959. The van der Waals surface area contributed by atoms with E-state index in [2.05, 4.69) is 23.5 Å². The summed E-state index contributed by atoms with van der Waals surface area (Å²) in [4.78, 5) is 24.6. The normalized spacial score (nSPS) is 15.6. The molecule has 0 spiro atoms. The maximum Gasteiger partial charge on any atom is 0.290 e. The number of carbonyl (C=O) groups excluding carboxylic acids is 2. The molecule has 4 heteroatoms. The second kappa shape index (κ2) is 7.25. The highest BCUT2D eigenvalue weighted by atomic mass is 32.2. The van der Waals surface area contributed by atoms with Crippen molar-refractivity contribution < 1.29 is 9.59 Å². The van der Waals surface area contributed by atoms with E-state index in [0.29, 0.717) is 4.91 Å². The molecule has 0 radical (unpaired) electrons. The average molecular weight is 371 g/mol. The minimum Gasteiger partial charge on any atom is -0.282 e. The average Bonchev–Trinajstić information content (AvgIpc) is 3.01. The Hall–Kier alpha value is -3.11. The van der Waals surface area contributed by atoms with E-state index in [9.17, 15) is 9.59 Å². The number of imide groups is 1. The summed E-state index contributed by atoms with van der Waals surface area (Å²) in [5, 5.41) is 2.04. The van der Waals surface area contributed by atoms with Gasteiger partial charge in [-0.3, -0.25) is 14.9 Å². The summed E-state index contributed by atoms with van der Waals surface area (Å²) in [7, 11) is 0. The first-order chi connectivity index (χ1) is 13.1. The fourth-order valence-corrected chi connectivity index (χ4v) is 4.00. The van der Waals surface area contributed by atoms with Crippen molar-refractivity contribution in [1.82, 2.24) is 5.32 Å². The highest BCUT2D eigenvalue weighted by Crippen LogP contribution is 2.37. The Labute approximate surface area is 162 Å². The fourth-order valence-electron chi connectivity index (χ4n) is 3.19. The first kappa shape index (κ1) is 17.3. The van der Waals surface area contributed by atoms with Crippen LogP contribution < -0.4 is 5.32 Å². The van der Waals surface area contributed by atoms with Gasteiger partial charge in [0.05, 0.1) is 4.91 Å². The van der Waals surface area contributed by atoms with Crippen LogP contribution in [0.1, 0.15) is 16.7 Å². The van der Waals surface area contributed by atoms with Gasteiger partial charge >= 0.3 is 0 Å². The lowest BCUT2D eigenvalue weighted by atomic mass is 9.93. The van der Waals surface area contributed by atoms with Crippen LogP contribution in [0.25, 0.3) is 16.7 Å². The van der Waals surface area contributed by atoms with Gasteiger partial charge in [0.25, 0.3) is 11.1 Å². The third-order valence-corrected chi connectivity index (χ3v) is 5.29. The van der Waals surface area contributed by atoms with Gasteiger partial charge in [-0.25, -0.2) is 0 Å². The lowest BCUT2D eigenvalue weighted by Crippen LogP contribution is -2.18. The third kappa shape index (κ3) is 3.57. The maximum absolute atomic E-state index is 12.4. The first-order valence-corrected chi connectivity index (χ1v) is 9.44. The Bertz CT molecular complexity index is 1070. The molecule has 1 aliphatic heterocycles. The summed E-state index contributed by atoms with van der Waals surface area (Å²) in [6, 6.07) is 26.2. The van der Waals surface area contributed by atoms with Gasteiger partial charge in [-0.05, 0) is 47.0 Å². The van der Waals surface area contributed by atoms with Crippen LogP contribution in [-0.4, -0.2) is 11.1 Å². The van der Waals surface area contributed by atoms with Crippen molar-refractivity contribution in [1.29, 1.82) is 0 Å². The van der Waals surface area contributed by atoms with Crippen LogP contribution in [0.2, 0.25) is 0 Å². The monoisotopic (exact) mass is 371 g/mol. The van der Waals surface area contributed by atoms with E-state index in [0.717, 1.165) is 45.2 Å². The van der Waals surface area contributed by atoms with Crippen molar-refractivity contribution in [3.8, 4) is 11.1 Å². The Balaban J connectivity index is 1.92. The zero-order chi connectivity index (χ0) is 18.8. The van der Waals surface area contributed by atoms with E-state index in [1.807, 2.05) is 67.6 Å². The summed E-state index contributed by atoms with van der Waals surface area (Å²) < 4.78 is 0. The molecule has 0 saturated carbocycles. The molecule has 0 unspecified atom stereocenters. The van der Waals surface area contributed by atoms with Crippen LogP contribution in [0.5, 0.6) is 0 Å². The third-order valence-electron chi connectivity index (χ3n) is 4.41. The molecule has 3 nitrogen and oxygen atoms in total. The molecule has 1 aliphatic rings. The molecule has 1 heterocycles. The number of benzene rings is 3. The van der Waals surface area contributed by atoms with E-state index in [-0.39, 0.29) is 11.1 Å². The van der Waals surface area contributed by atoms with Crippen LogP contribution in [0.3, 0.4) is 0 Å². The highest BCUT2D eigenvalue weighted by molar-refractivity contribution is 8.18. The number of hydrogen-bond donors (Lipinski definition) is 1. The van der Waals surface area contributed by atoms with Gasteiger partial charge in [-0.15, -0.1) is 0 Å². The number of hydrogen-bond acceptors (Lipinski definition) is 3. The standard InChI is InChI=1S/C23H17NO2S/c1-15-7-5-11-18(13-15)20(21-22(25)24-23(26)27-21)19-12-6-10-17(14-19)16-8-3-2-4-9-16/h2-14H,1H3,(H,24,25,26). The van der Waals surface area contributed by atoms with E-state index in [1.165, 1.54) is 0 Å². The summed E-state index contributed by atoms with van der Waals surface area (Å²) in [6.45, 7) is 2.01. The zero-order valence-electron chi connectivity index (χ0n) is 14.7. The van der Waals surface area contributed by atoms with Gasteiger partial charge in [0.2, 0.25) is 0 Å². The lowest BCUT2D eigenvalue weighted by Gasteiger charge is -2.13. The van der Waals surface area contributed by atoms with Gasteiger partial charge in [0.15, 0.2) is 0 Å².